The van der Waals surface area contributed by atoms with Gasteiger partial charge in [-0.25, -0.2) is 36.7 Å². The number of nitrogens with zero attached hydrogens (tertiary/aromatic N) is 5. The number of sulfonamides is 1. The van der Waals surface area contributed by atoms with Crippen LogP contribution in [0.4, 0.5) is 10.5 Å². The Hall–Kier alpha value is -3.69. The Bertz CT molecular complexity index is 1680. The van der Waals surface area contributed by atoms with Gasteiger partial charge in [0, 0.05) is 19.6 Å². The van der Waals surface area contributed by atoms with Crippen molar-refractivity contribution in [2.45, 2.75) is 89.1 Å². The normalized spacial score (nSPS) is 22.1. The molecular formula is C27H36N6O8S. The van der Waals surface area contributed by atoms with Crippen molar-refractivity contribution in [3.63, 3.8) is 0 Å². The lowest BCUT2D eigenvalue weighted by molar-refractivity contribution is -0.120. The van der Waals surface area contributed by atoms with E-state index in [-0.39, 0.29) is 24.5 Å². The van der Waals surface area contributed by atoms with Gasteiger partial charge in [-0.15, -0.1) is 0 Å². The third-order valence-corrected chi connectivity index (χ3v) is 9.94. The first-order valence-electron chi connectivity index (χ1n) is 14.0. The molecule has 0 radical (unpaired) electrons. The first-order chi connectivity index (χ1) is 19.9. The number of nitrogens with one attached hydrogen (secondary N) is 1. The van der Waals surface area contributed by atoms with E-state index in [0.717, 1.165) is 43.1 Å². The van der Waals surface area contributed by atoms with E-state index in [4.69, 9.17) is 9.26 Å². The molecule has 14 nitrogen and oxygen atoms in total. The average Bonchev–Trinajstić information content (AvgIpc) is 3.55. The van der Waals surface area contributed by atoms with E-state index in [1.54, 1.807) is 26.0 Å². The minimum atomic E-state index is -4.11. The lowest BCUT2D eigenvalue weighted by Crippen LogP contribution is -2.60. The third kappa shape index (κ3) is 5.09. The Kier molecular flexibility index (Phi) is 7.94. The van der Waals surface area contributed by atoms with E-state index in [1.165, 1.54) is 12.1 Å². The number of ether oxygens (including phenoxy) is 1. The summed E-state index contributed by atoms with van der Waals surface area (Å²) in [7, 11) is -4.11. The summed E-state index contributed by atoms with van der Waals surface area (Å²) in [4.78, 5) is 40.0. The zero-order valence-corrected chi connectivity index (χ0v) is 24.9. The summed E-state index contributed by atoms with van der Waals surface area (Å²) in [6, 6.07) is 5.07. The maximum atomic E-state index is 13.6. The fourth-order valence-corrected chi connectivity index (χ4v) is 7.22. The van der Waals surface area contributed by atoms with Crippen LogP contribution in [-0.4, -0.2) is 67.8 Å². The van der Waals surface area contributed by atoms with E-state index in [0.29, 0.717) is 23.6 Å². The van der Waals surface area contributed by atoms with Crippen molar-refractivity contribution in [1.29, 1.82) is 0 Å². The number of aliphatic hydroxyl groups is 1. The maximum absolute atomic E-state index is 13.6. The van der Waals surface area contributed by atoms with Gasteiger partial charge in [-0.05, 0) is 39.3 Å². The SMILES string of the molecule is CCCCCCn1c(=O)n2n(c1=O)[C@@H]1CN(S(=O)(=O)c3ccc(C)cc3)C[C@]1(O)[C@@H](OC(=O)Nc1c(C)noc1C)C2. The van der Waals surface area contributed by atoms with Gasteiger partial charge in [-0.2, -0.15) is 4.31 Å². The largest absolute Gasteiger partial charge is 0.441 e. The van der Waals surface area contributed by atoms with Crippen LogP contribution in [0.25, 0.3) is 0 Å². The number of unbranched alkanes of at least 4 members (excludes halogenated alkanes) is 3. The molecule has 2 aliphatic heterocycles. The lowest BCUT2D eigenvalue weighted by Gasteiger charge is -2.40. The molecule has 0 spiro atoms. The minimum Gasteiger partial charge on any atom is -0.441 e. The number of anilines is 1. The number of carbonyl (C=O) groups excluding carboxylic acids is 1. The Balaban J connectivity index is 1.52. The molecule has 3 atom stereocenters. The topological polar surface area (TPSA) is 171 Å². The summed E-state index contributed by atoms with van der Waals surface area (Å²) in [5, 5.41) is 18.4. The monoisotopic (exact) mass is 604 g/mol. The second kappa shape index (κ2) is 11.2. The van der Waals surface area contributed by atoms with Crippen LogP contribution in [0, 0.1) is 20.8 Å². The van der Waals surface area contributed by atoms with Gasteiger partial charge >= 0.3 is 17.5 Å². The van der Waals surface area contributed by atoms with Crippen LogP contribution in [0.3, 0.4) is 0 Å². The summed E-state index contributed by atoms with van der Waals surface area (Å²) in [5.41, 5.74) is -1.70. The quantitative estimate of drug-likeness (QED) is 0.346. The highest BCUT2D eigenvalue weighted by atomic mass is 32.2. The third-order valence-electron chi connectivity index (χ3n) is 8.12. The highest BCUT2D eigenvalue weighted by Crippen LogP contribution is 2.41. The van der Waals surface area contributed by atoms with Gasteiger partial charge < -0.3 is 14.4 Å². The molecule has 3 aromatic rings. The molecule has 1 saturated heterocycles. The Morgan fingerprint density at radius 3 is 2.48 bits per heavy atom. The number of aryl methyl sites for hydroxylation is 3. The van der Waals surface area contributed by atoms with Crippen molar-refractivity contribution in [2.75, 3.05) is 18.4 Å². The Morgan fingerprint density at radius 1 is 1.12 bits per heavy atom. The summed E-state index contributed by atoms with van der Waals surface area (Å²) in [6.45, 7) is 6.18. The van der Waals surface area contributed by atoms with Gasteiger partial charge in [-0.3, -0.25) is 5.32 Å². The number of carbonyl (C=O) groups is 1. The fourth-order valence-electron chi connectivity index (χ4n) is 5.72. The molecule has 2 N–H and O–H groups in total. The minimum absolute atomic E-state index is 0.0159. The van der Waals surface area contributed by atoms with Gasteiger partial charge in [-0.1, -0.05) is 49.0 Å². The standard InChI is InChI=1S/C27H36N6O8S/c1-5-6-7-8-13-31-25(35)32-15-22(40-24(34)28-23-18(3)29-41-19(23)4)27(37)16-30(14-21(27)33(32)26(31)36)42(38,39)20-11-9-17(2)10-12-20/h9-12,21-22,37H,5-8,13-16H2,1-4H3,(H,28,34)/t21-,22+,27-/m1/s1. The summed E-state index contributed by atoms with van der Waals surface area (Å²) in [6.07, 6.45) is 1.05. The molecule has 4 heterocycles. The number of aromatic nitrogens is 4. The van der Waals surface area contributed by atoms with Gasteiger partial charge in [0.05, 0.1) is 11.4 Å². The van der Waals surface area contributed by atoms with Crippen molar-refractivity contribution in [3.05, 3.63) is 62.3 Å². The molecule has 0 unspecified atom stereocenters. The number of β-amino-alcohol motifs (C(OH)–C–C–N with tert-alkyl or cyclic N) is 1. The highest BCUT2D eigenvalue weighted by molar-refractivity contribution is 7.89. The fraction of sp³-hybridized carbons (Fsp3) is 0.556. The predicted molar refractivity (Wildman–Crippen MR) is 151 cm³/mol. The summed E-state index contributed by atoms with van der Waals surface area (Å²) >= 11 is 0. The molecule has 15 heteroatoms. The number of amides is 1. The lowest BCUT2D eigenvalue weighted by atomic mass is 9.89. The molecule has 2 aliphatic rings. The predicted octanol–water partition coefficient (Wildman–Crippen LogP) is 1.91. The second-order valence-electron chi connectivity index (χ2n) is 11.0. The van der Waals surface area contributed by atoms with Gasteiger partial charge in [0.25, 0.3) is 0 Å². The second-order valence-corrected chi connectivity index (χ2v) is 13.0. The van der Waals surface area contributed by atoms with Gasteiger partial charge in [0.15, 0.2) is 11.9 Å². The zero-order chi connectivity index (χ0) is 30.4. The van der Waals surface area contributed by atoms with Crippen LogP contribution in [0.1, 0.15) is 55.7 Å². The van der Waals surface area contributed by atoms with Crippen LogP contribution in [0.15, 0.2) is 43.3 Å². The molecule has 0 bridgehead atoms. The number of benzene rings is 1. The summed E-state index contributed by atoms with van der Waals surface area (Å²) < 4.78 is 42.4. The molecule has 1 amide bonds. The zero-order valence-electron chi connectivity index (χ0n) is 24.1. The van der Waals surface area contributed by atoms with Crippen molar-refractivity contribution in [2.24, 2.45) is 0 Å². The van der Waals surface area contributed by atoms with Crippen molar-refractivity contribution in [1.82, 2.24) is 23.4 Å². The first kappa shape index (κ1) is 29.8. The molecule has 1 fully saturated rings. The maximum Gasteiger partial charge on any atom is 0.412 e. The average molecular weight is 605 g/mol. The Labute approximate surface area is 242 Å². The number of rotatable bonds is 9. The molecule has 5 rings (SSSR count). The molecule has 1 aromatic carbocycles. The van der Waals surface area contributed by atoms with Crippen molar-refractivity contribution < 1.29 is 27.6 Å². The molecular weight excluding hydrogens is 568 g/mol. The van der Waals surface area contributed by atoms with Crippen LogP contribution < -0.4 is 16.7 Å². The van der Waals surface area contributed by atoms with Crippen LogP contribution >= 0.6 is 0 Å². The first-order valence-corrected chi connectivity index (χ1v) is 15.4. The van der Waals surface area contributed by atoms with E-state index in [9.17, 15) is 27.9 Å². The number of hydrogen-bond donors (Lipinski definition) is 2. The summed E-state index contributed by atoms with van der Waals surface area (Å²) in [5.74, 6) is 0.339. The number of fused-ring (bicyclic) bond motifs is 3. The van der Waals surface area contributed by atoms with Crippen LogP contribution in [0.5, 0.6) is 0 Å². The Morgan fingerprint density at radius 2 is 1.83 bits per heavy atom. The van der Waals surface area contributed by atoms with Gasteiger partial charge in [0.2, 0.25) is 10.0 Å². The van der Waals surface area contributed by atoms with E-state index >= 15 is 0 Å². The molecule has 2 aromatic heterocycles. The van der Waals surface area contributed by atoms with E-state index in [2.05, 4.69) is 17.4 Å². The number of hydrogen-bond acceptors (Lipinski definition) is 9. The van der Waals surface area contributed by atoms with Crippen LogP contribution in [-0.2, 0) is 27.8 Å². The molecule has 0 aliphatic carbocycles. The highest BCUT2D eigenvalue weighted by Gasteiger charge is 2.60. The molecule has 42 heavy (non-hydrogen) atoms. The molecule has 0 saturated carbocycles. The smallest absolute Gasteiger partial charge is 0.412 e. The van der Waals surface area contributed by atoms with E-state index in [1.807, 2.05) is 6.92 Å². The van der Waals surface area contributed by atoms with Crippen molar-refractivity contribution >= 4 is 21.8 Å². The molecule has 228 valence electrons. The van der Waals surface area contributed by atoms with Crippen LogP contribution in [0.2, 0.25) is 0 Å². The van der Waals surface area contributed by atoms with E-state index < -0.39 is 51.8 Å². The van der Waals surface area contributed by atoms with Crippen molar-refractivity contribution in [3.8, 4) is 0 Å². The van der Waals surface area contributed by atoms with Gasteiger partial charge in [0.1, 0.15) is 23.0 Å².